The van der Waals surface area contributed by atoms with Crippen molar-refractivity contribution in [3.8, 4) is 0 Å². The molecule has 0 bridgehead atoms. The minimum atomic E-state index is 0.287. The van der Waals surface area contributed by atoms with E-state index < -0.39 is 0 Å². The molecule has 0 aromatic carbocycles. The Hall–Kier alpha value is -1.17. The van der Waals surface area contributed by atoms with E-state index in [0.29, 0.717) is 6.04 Å². The SMILES string of the molecule is C[C@@H](CCCCN(C)C)NCc1ccc(N2CCO[C@@H](C)C2)nc1. The van der Waals surface area contributed by atoms with Crippen molar-refractivity contribution in [2.75, 3.05) is 45.2 Å². The molecule has 2 atom stereocenters. The summed E-state index contributed by atoms with van der Waals surface area (Å²) in [5.41, 5.74) is 1.25. The first-order valence-corrected chi connectivity index (χ1v) is 9.24. The molecule has 0 saturated carbocycles. The smallest absolute Gasteiger partial charge is 0.128 e. The zero-order valence-corrected chi connectivity index (χ0v) is 15.8. The number of rotatable bonds is 9. The molecule has 1 fully saturated rings. The average Bonchev–Trinajstić information content (AvgIpc) is 2.57. The Kier molecular flexibility index (Phi) is 7.95. The Bertz CT molecular complexity index is 463. The first-order valence-electron chi connectivity index (χ1n) is 9.24. The van der Waals surface area contributed by atoms with Crippen LogP contribution in [0.4, 0.5) is 5.82 Å². The molecule has 24 heavy (non-hydrogen) atoms. The number of hydrogen-bond acceptors (Lipinski definition) is 5. The summed E-state index contributed by atoms with van der Waals surface area (Å²) in [6.45, 7) is 9.10. The number of ether oxygens (including phenoxy) is 1. The summed E-state index contributed by atoms with van der Waals surface area (Å²) in [7, 11) is 4.27. The van der Waals surface area contributed by atoms with Gasteiger partial charge in [0, 0.05) is 31.9 Å². The van der Waals surface area contributed by atoms with E-state index in [1.807, 2.05) is 6.20 Å². The third-order valence-corrected chi connectivity index (χ3v) is 4.52. The quantitative estimate of drug-likeness (QED) is 0.703. The van der Waals surface area contributed by atoms with E-state index in [0.717, 1.165) is 32.1 Å². The minimum Gasteiger partial charge on any atom is -0.375 e. The van der Waals surface area contributed by atoms with Crippen LogP contribution in [0.15, 0.2) is 18.3 Å². The van der Waals surface area contributed by atoms with Crippen LogP contribution in [-0.2, 0) is 11.3 Å². The highest BCUT2D eigenvalue weighted by Crippen LogP contribution is 2.15. The fraction of sp³-hybridized carbons (Fsp3) is 0.737. The standard InChI is InChI=1S/C19H34N4O/c1-16(7-5-6-10-22(3)4)20-13-18-8-9-19(21-14-18)23-11-12-24-17(2)15-23/h8-9,14,16-17,20H,5-7,10-13,15H2,1-4H3/t16-,17-/m0/s1. The first kappa shape index (κ1) is 19.2. The van der Waals surface area contributed by atoms with Gasteiger partial charge in [0.25, 0.3) is 0 Å². The maximum atomic E-state index is 5.59. The maximum Gasteiger partial charge on any atom is 0.128 e. The summed E-state index contributed by atoms with van der Waals surface area (Å²) >= 11 is 0. The molecule has 0 unspecified atom stereocenters. The molecule has 5 heteroatoms. The van der Waals surface area contributed by atoms with Gasteiger partial charge in [-0.3, -0.25) is 0 Å². The van der Waals surface area contributed by atoms with Crippen molar-refractivity contribution in [3.63, 3.8) is 0 Å². The number of hydrogen-bond donors (Lipinski definition) is 1. The molecule has 2 heterocycles. The number of nitrogens with one attached hydrogen (secondary N) is 1. The predicted octanol–water partition coefficient (Wildman–Crippen LogP) is 2.52. The second-order valence-corrected chi connectivity index (χ2v) is 7.23. The molecule has 0 aliphatic carbocycles. The summed E-state index contributed by atoms with van der Waals surface area (Å²) in [4.78, 5) is 9.19. The van der Waals surface area contributed by atoms with Gasteiger partial charge in [0.05, 0.1) is 12.7 Å². The molecule has 1 saturated heterocycles. The highest BCUT2D eigenvalue weighted by Gasteiger charge is 2.17. The van der Waals surface area contributed by atoms with Crippen molar-refractivity contribution in [2.45, 2.75) is 51.8 Å². The van der Waals surface area contributed by atoms with Crippen molar-refractivity contribution in [3.05, 3.63) is 23.9 Å². The van der Waals surface area contributed by atoms with Gasteiger partial charge in [0.2, 0.25) is 0 Å². The Morgan fingerprint density at radius 1 is 1.38 bits per heavy atom. The lowest BCUT2D eigenvalue weighted by molar-refractivity contribution is 0.0529. The number of unbranched alkanes of at least 4 members (excludes halogenated alkanes) is 1. The molecule has 2 rings (SSSR count). The Morgan fingerprint density at radius 2 is 2.21 bits per heavy atom. The van der Waals surface area contributed by atoms with Crippen LogP contribution in [0.5, 0.6) is 0 Å². The van der Waals surface area contributed by atoms with Crippen molar-refractivity contribution < 1.29 is 4.74 Å². The monoisotopic (exact) mass is 334 g/mol. The summed E-state index contributed by atoms with van der Waals surface area (Å²) in [5, 5.41) is 3.61. The lowest BCUT2D eigenvalue weighted by Crippen LogP contribution is -2.41. The summed E-state index contributed by atoms with van der Waals surface area (Å²) in [5.74, 6) is 1.06. The first-order chi connectivity index (χ1) is 11.5. The largest absolute Gasteiger partial charge is 0.375 e. The van der Waals surface area contributed by atoms with Gasteiger partial charge in [-0.05, 0) is 59.0 Å². The Labute approximate surface area is 147 Å². The molecular formula is C19H34N4O. The fourth-order valence-electron chi connectivity index (χ4n) is 3.01. The van der Waals surface area contributed by atoms with Crippen LogP contribution < -0.4 is 10.2 Å². The van der Waals surface area contributed by atoms with E-state index in [9.17, 15) is 0 Å². The number of morpholine rings is 1. The lowest BCUT2D eigenvalue weighted by Gasteiger charge is -2.32. The fourth-order valence-corrected chi connectivity index (χ4v) is 3.01. The molecule has 0 radical (unpaired) electrons. The highest BCUT2D eigenvalue weighted by molar-refractivity contribution is 5.39. The van der Waals surface area contributed by atoms with Gasteiger partial charge >= 0.3 is 0 Å². The second-order valence-electron chi connectivity index (χ2n) is 7.23. The van der Waals surface area contributed by atoms with Gasteiger partial charge in [-0.25, -0.2) is 4.98 Å². The van der Waals surface area contributed by atoms with Gasteiger partial charge in [-0.2, -0.15) is 0 Å². The number of aromatic nitrogens is 1. The van der Waals surface area contributed by atoms with Gasteiger partial charge in [-0.15, -0.1) is 0 Å². The van der Waals surface area contributed by atoms with Gasteiger partial charge < -0.3 is 19.9 Å². The summed E-state index contributed by atoms with van der Waals surface area (Å²) < 4.78 is 5.59. The number of pyridine rings is 1. The van der Waals surface area contributed by atoms with Gasteiger partial charge in [-0.1, -0.05) is 12.5 Å². The van der Waals surface area contributed by atoms with E-state index in [-0.39, 0.29) is 6.10 Å². The van der Waals surface area contributed by atoms with Crippen molar-refractivity contribution in [1.82, 2.24) is 15.2 Å². The highest BCUT2D eigenvalue weighted by atomic mass is 16.5. The van der Waals surface area contributed by atoms with Crippen LogP contribution in [0, 0.1) is 0 Å². The molecule has 1 aromatic rings. The van der Waals surface area contributed by atoms with Crippen LogP contribution in [0.25, 0.3) is 0 Å². The molecular weight excluding hydrogens is 300 g/mol. The number of nitrogens with zero attached hydrogens (tertiary/aromatic N) is 3. The van der Waals surface area contributed by atoms with E-state index in [4.69, 9.17) is 4.74 Å². The van der Waals surface area contributed by atoms with Crippen LogP contribution in [0.2, 0.25) is 0 Å². The molecule has 0 amide bonds. The van der Waals surface area contributed by atoms with Crippen LogP contribution in [0.3, 0.4) is 0 Å². The van der Waals surface area contributed by atoms with Crippen LogP contribution >= 0.6 is 0 Å². The van der Waals surface area contributed by atoms with E-state index in [2.05, 4.69) is 60.2 Å². The Morgan fingerprint density at radius 3 is 2.88 bits per heavy atom. The van der Waals surface area contributed by atoms with E-state index in [1.165, 1.54) is 31.4 Å². The van der Waals surface area contributed by atoms with Crippen molar-refractivity contribution >= 4 is 5.82 Å². The average molecular weight is 335 g/mol. The lowest BCUT2D eigenvalue weighted by atomic mass is 10.1. The molecule has 136 valence electrons. The topological polar surface area (TPSA) is 40.6 Å². The van der Waals surface area contributed by atoms with Crippen molar-refractivity contribution in [1.29, 1.82) is 0 Å². The number of anilines is 1. The summed E-state index contributed by atoms with van der Waals surface area (Å²) in [6.07, 6.45) is 6.06. The third kappa shape index (κ3) is 6.75. The third-order valence-electron chi connectivity index (χ3n) is 4.52. The maximum absolute atomic E-state index is 5.59. The molecule has 1 aromatic heterocycles. The van der Waals surface area contributed by atoms with E-state index >= 15 is 0 Å². The molecule has 1 aliphatic rings. The van der Waals surface area contributed by atoms with Crippen molar-refractivity contribution in [2.24, 2.45) is 0 Å². The molecule has 5 nitrogen and oxygen atoms in total. The van der Waals surface area contributed by atoms with Gasteiger partial charge in [0.15, 0.2) is 0 Å². The molecule has 1 N–H and O–H groups in total. The normalized spacial score (nSPS) is 19.7. The molecule has 1 aliphatic heterocycles. The second kappa shape index (κ2) is 9.97. The zero-order chi connectivity index (χ0) is 17.4. The predicted molar refractivity (Wildman–Crippen MR) is 101 cm³/mol. The molecule has 0 spiro atoms. The van der Waals surface area contributed by atoms with Crippen LogP contribution in [0.1, 0.15) is 38.7 Å². The Balaban J connectivity index is 1.69. The van der Waals surface area contributed by atoms with Crippen LogP contribution in [-0.4, -0.2) is 62.4 Å². The van der Waals surface area contributed by atoms with E-state index in [1.54, 1.807) is 0 Å². The minimum absolute atomic E-state index is 0.287. The summed E-state index contributed by atoms with van der Waals surface area (Å²) in [6, 6.07) is 4.87. The zero-order valence-electron chi connectivity index (χ0n) is 15.8. The van der Waals surface area contributed by atoms with Gasteiger partial charge in [0.1, 0.15) is 5.82 Å².